The van der Waals surface area contributed by atoms with E-state index in [2.05, 4.69) is 21.6 Å². The van der Waals surface area contributed by atoms with E-state index in [0.717, 1.165) is 25.6 Å². The Morgan fingerprint density at radius 1 is 1.63 bits per heavy atom. The van der Waals surface area contributed by atoms with Crippen LogP contribution in [0.3, 0.4) is 0 Å². The molecule has 1 amide bonds. The molecule has 0 spiro atoms. The number of aromatic nitrogens is 1. The van der Waals surface area contributed by atoms with Crippen molar-refractivity contribution in [3.63, 3.8) is 0 Å². The van der Waals surface area contributed by atoms with Crippen LogP contribution in [0.1, 0.15) is 27.5 Å². The van der Waals surface area contributed by atoms with Gasteiger partial charge in [-0.15, -0.1) is 0 Å². The molecule has 1 fully saturated rings. The number of amides is 1. The van der Waals surface area contributed by atoms with Crippen molar-refractivity contribution in [1.29, 1.82) is 0 Å². The number of hydrogen-bond acceptors (Lipinski definition) is 5. The normalized spacial score (nSPS) is 19.6. The van der Waals surface area contributed by atoms with E-state index in [4.69, 9.17) is 5.11 Å². The maximum Gasteiger partial charge on any atom is 0.374 e. The van der Waals surface area contributed by atoms with Gasteiger partial charge in [-0.2, -0.15) is 0 Å². The Hall–Kier alpha value is -1.89. The number of hydrogen-bond donors (Lipinski definition) is 1. The lowest BCUT2D eigenvalue weighted by Gasteiger charge is -2.20. The molecular formula is C12H17N3O4. The van der Waals surface area contributed by atoms with Crippen molar-refractivity contribution < 1.29 is 19.2 Å². The predicted molar refractivity (Wildman–Crippen MR) is 66.0 cm³/mol. The quantitative estimate of drug-likeness (QED) is 0.849. The topological polar surface area (TPSA) is 86.9 Å². The molecule has 0 aromatic carbocycles. The molecule has 104 valence electrons. The second-order valence-corrected chi connectivity index (χ2v) is 4.98. The van der Waals surface area contributed by atoms with Gasteiger partial charge in [0.1, 0.15) is 0 Å². The van der Waals surface area contributed by atoms with Gasteiger partial charge in [-0.3, -0.25) is 4.79 Å². The third kappa shape index (κ3) is 3.11. The summed E-state index contributed by atoms with van der Waals surface area (Å²) in [6.45, 7) is 2.65. The van der Waals surface area contributed by atoms with Crippen LogP contribution in [-0.2, 0) is 0 Å². The van der Waals surface area contributed by atoms with Crippen LogP contribution in [0.4, 0.5) is 0 Å². The van der Waals surface area contributed by atoms with Gasteiger partial charge in [0.2, 0.25) is 5.76 Å². The van der Waals surface area contributed by atoms with Gasteiger partial charge in [-0.1, -0.05) is 5.16 Å². The molecule has 1 aromatic rings. The fraction of sp³-hybridized carbons (Fsp3) is 0.583. The molecule has 1 aliphatic rings. The molecule has 1 atom stereocenters. The number of rotatable bonds is 4. The van der Waals surface area contributed by atoms with E-state index in [1.165, 1.54) is 0 Å². The summed E-state index contributed by atoms with van der Waals surface area (Å²) in [5.74, 6) is -1.42. The summed E-state index contributed by atoms with van der Waals surface area (Å²) >= 11 is 0. The fourth-order valence-electron chi connectivity index (χ4n) is 2.32. The highest BCUT2D eigenvalue weighted by Crippen LogP contribution is 2.16. The highest BCUT2D eigenvalue weighted by molar-refractivity contribution is 5.94. The Morgan fingerprint density at radius 2 is 2.37 bits per heavy atom. The van der Waals surface area contributed by atoms with Crippen molar-refractivity contribution in [3.8, 4) is 0 Å². The van der Waals surface area contributed by atoms with Crippen LogP contribution in [0, 0.1) is 5.92 Å². The average molecular weight is 267 g/mol. The van der Waals surface area contributed by atoms with Crippen molar-refractivity contribution in [3.05, 3.63) is 17.5 Å². The molecule has 2 heterocycles. The minimum Gasteiger partial charge on any atom is -0.475 e. The van der Waals surface area contributed by atoms with Crippen molar-refractivity contribution in [2.75, 3.05) is 33.7 Å². The van der Waals surface area contributed by atoms with Gasteiger partial charge in [0.15, 0.2) is 5.69 Å². The Bertz CT molecular complexity index is 485. The fourth-order valence-corrected chi connectivity index (χ4v) is 2.32. The van der Waals surface area contributed by atoms with Gasteiger partial charge >= 0.3 is 5.97 Å². The molecule has 1 N–H and O–H groups in total. The lowest BCUT2D eigenvalue weighted by atomic mass is 10.1. The SMILES string of the molecule is CN1CCC(CN(C)C(=O)c2cc(C(=O)O)on2)C1. The molecule has 0 aliphatic carbocycles. The first-order valence-corrected chi connectivity index (χ1v) is 6.11. The summed E-state index contributed by atoms with van der Waals surface area (Å²) in [7, 11) is 3.74. The summed E-state index contributed by atoms with van der Waals surface area (Å²) in [5, 5.41) is 12.2. The maximum absolute atomic E-state index is 12.0. The van der Waals surface area contributed by atoms with Crippen molar-refractivity contribution in [2.45, 2.75) is 6.42 Å². The molecule has 7 heteroatoms. The highest BCUT2D eigenvalue weighted by atomic mass is 16.5. The Labute approximate surface area is 110 Å². The van der Waals surface area contributed by atoms with Gasteiger partial charge in [-0.25, -0.2) is 4.79 Å². The van der Waals surface area contributed by atoms with E-state index < -0.39 is 5.97 Å². The second kappa shape index (κ2) is 5.40. The Balaban J connectivity index is 1.96. The van der Waals surface area contributed by atoms with Crippen molar-refractivity contribution in [1.82, 2.24) is 15.0 Å². The molecule has 1 aliphatic heterocycles. The number of carbonyl (C=O) groups is 2. The van der Waals surface area contributed by atoms with E-state index in [0.29, 0.717) is 12.5 Å². The third-order valence-corrected chi connectivity index (χ3v) is 3.31. The summed E-state index contributed by atoms with van der Waals surface area (Å²) in [4.78, 5) is 26.5. The van der Waals surface area contributed by atoms with Crippen molar-refractivity contribution >= 4 is 11.9 Å². The highest BCUT2D eigenvalue weighted by Gasteiger charge is 2.25. The number of carboxylic acids is 1. The Kier molecular flexibility index (Phi) is 3.84. The summed E-state index contributed by atoms with van der Waals surface area (Å²) in [5.41, 5.74) is 0.0336. The zero-order valence-corrected chi connectivity index (χ0v) is 11.0. The molecular weight excluding hydrogens is 250 g/mol. The molecule has 2 rings (SSSR count). The summed E-state index contributed by atoms with van der Waals surface area (Å²) < 4.78 is 4.58. The minimum absolute atomic E-state index is 0.0336. The molecule has 0 saturated carbocycles. The molecule has 7 nitrogen and oxygen atoms in total. The van der Waals surface area contributed by atoms with E-state index >= 15 is 0 Å². The van der Waals surface area contributed by atoms with Crippen molar-refractivity contribution in [2.24, 2.45) is 5.92 Å². The summed E-state index contributed by atoms with van der Waals surface area (Å²) in [6.07, 6.45) is 1.06. The lowest BCUT2D eigenvalue weighted by molar-refractivity contribution is 0.0649. The Morgan fingerprint density at radius 3 is 2.89 bits per heavy atom. The van der Waals surface area contributed by atoms with E-state index in [1.54, 1.807) is 11.9 Å². The zero-order chi connectivity index (χ0) is 14.0. The van der Waals surface area contributed by atoms with Crippen LogP contribution >= 0.6 is 0 Å². The van der Waals surface area contributed by atoms with E-state index in [-0.39, 0.29) is 17.4 Å². The molecule has 1 saturated heterocycles. The first-order chi connectivity index (χ1) is 8.97. The smallest absolute Gasteiger partial charge is 0.374 e. The minimum atomic E-state index is -1.23. The number of aromatic carboxylic acids is 1. The number of carboxylic acid groups (broad SMARTS) is 1. The second-order valence-electron chi connectivity index (χ2n) is 4.98. The van der Waals surface area contributed by atoms with Crippen LogP contribution in [0.25, 0.3) is 0 Å². The largest absolute Gasteiger partial charge is 0.475 e. The molecule has 1 aromatic heterocycles. The van der Waals surface area contributed by atoms with E-state index in [1.807, 2.05) is 0 Å². The third-order valence-electron chi connectivity index (χ3n) is 3.31. The van der Waals surface area contributed by atoms with Crippen LogP contribution in [0.5, 0.6) is 0 Å². The maximum atomic E-state index is 12.0. The summed E-state index contributed by atoms with van der Waals surface area (Å²) in [6, 6.07) is 1.15. The van der Waals surface area contributed by atoms with E-state index in [9.17, 15) is 9.59 Å². The number of nitrogens with zero attached hydrogens (tertiary/aromatic N) is 3. The van der Waals surface area contributed by atoms with Gasteiger partial charge < -0.3 is 19.4 Å². The molecule has 0 radical (unpaired) electrons. The lowest BCUT2D eigenvalue weighted by Crippen LogP contribution is -2.33. The predicted octanol–water partition coefficient (Wildman–Crippen LogP) is 0.396. The van der Waals surface area contributed by atoms with Gasteiger partial charge in [-0.05, 0) is 25.9 Å². The van der Waals surface area contributed by atoms with Gasteiger partial charge in [0.25, 0.3) is 5.91 Å². The van der Waals surface area contributed by atoms with Crippen LogP contribution in [-0.4, -0.2) is 65.7 Å². The first-order valence-electron chi connectivity index (χ1n) is 6.11. The number of carbonyl (C=O) groups excluding carboxylic acids is 1. The molecule has 0 bridgehead atoms. The first kappa shape index (κ1) is 13.5. The molecule has 1 unspecified atom stereocenters. The van der Waals surface area contributed by atoms with Crippen LogP contribution in [0.15, 0.2) is 10.6 Å². The standard InChI is InChI=1S/C12H17N3O4/c1-14-4-3-8(6-14)7-15(2)11(16)9-5-10(12(17)18)19-13-9/h5,8H,3-4,6-7H2,1-2H3,(H,17,18). The number of likely N-dealkylation sites (tertiary alicyclic amines) is 1. The van der Waals surface area contributed by atoms with Gasteiger partial charge in [0.05, 0.1) is 0 Å². The monoisotopic (exact) mass is 267 g/mol. The van der Waals surface area contributed by atoms with Crippen LogP contribution in [0.2, 0.25) is 0 Å². The average Bonchev–Trinajstić information content (AvgIpc) is 2.97. The molecule has 19 heavy (non-hydrogen) atoms. The zero-order valence-electron chi connectivity index (χ0n) is 11.0. The van der Waals surface area contributed by atoms with Crippen LogP contribution < -0.4 is 0 Å². The van der Waals surface area contributed by atoms with Gasteiger partial charge in [0, 0.05) is 26.2 Å².